The Morgan fingerprint density at radius 2 is 2.00 bits per heavy atom. The van der Waals surface area contributed by atoms with E-state index in [2.05, 4.69) is 11.9 Å². The first kappa shape index (κ1) is 16.4. The van der Waals surface area contributed by atoms with Crippen LogP contribution in [0.5, 0.6) is 0 Å². The molecule has 0 bridgehead atoms. The summed E-state index contributed by atoms with van der Waals surface area (Å²) in [5.41, 5.74) is 0.927. The topological polar surface area (TPSA) is 66.5 Å². The zero-order chi connectivity index (χ0) is 15.0. The third kappa shape index (κ3) is 5.99. The molecule has 0 atom stereocenters. The molecular formula is C14H20N2O3S. The fourth-order valence-corrected chi connectivity index (χ4v) is 2.50. The molecule has 0 radical (unpaired) electrons. The van der Waals surface area contributed by atoms with Gasteiger partial charge in [0.15, 0.2) is 0 Å². The molecule has 5 nitrogen and oxygen atoms in total. The van der Waals surface area contributed by atoms with Crippen LogP contribution in [0.15, 0.2) is 43.0 Å². The molecule has 0 aliphatic carbocycles. The van der Waals surface area contributed by atoms with Gasteiger partial charge in [-0.05, 0) is 5.56 Å². The molecule has 20 heavy (non-hydrogen) atoms. The number of amides is 1. The fraction of sp³-hybridized carbons (Fsp3) is 0.357. The van der Waals surface area contributed by atoms with E-state index in [0.717, 1.165) is 11.8 Å². The second kappa shape index (κ2) is 7.81. The lowest BCUT2D eigenvalue weighted by molar-refractivity contribution is -0.120. The Balaban J connectivity index is 2.39. The summed E-state index contributed by atoms with van der Waals surface area (Å²) in [5, 5.41) is 2.71. The maximum absolute atomic E-state index is 11.7. The summed E-state index contributed by atoms with van der Waals surface area (Å²) < 4.78 is 24.2. The van der Waals surface area contributed by atoms with Gasteiger partial charge in [-0.3, -0.25) is 4.79 Å². The van der Waals surface area contributed by atoms with Crippen LogP contribution < -0.4 is 5.32 Å². The van der Waals surface area contributed by atoms with Crippen molar-refractivity contribution in [1.29, 1.82) is 0 Å². The van der Waals surface area contributed by atoms with Gasteiger partial charge in [-0.25, -0.2) is 8.42 Å². The SMILES string of the molecule is C=CCN(CCNC(=O)Cc1ccccc1)S(C)(=O)=O. The Kier molecular flexibility index (Phi) is 6.41. The highest BCUT2D eigenvalue weighted by Crippen LogP contribution is 2.00. The smallest absolute Gasteiger partial charge is 0.224 e. The first-order valence-electron chi connectivity index (χ1n) is 6.30. The van der Waals surface area contributed by atoms with Crippen molar-refractivity contribution in [2.75, 3.05) is 25.9 Å². The lowest BCUT2D eigenvalue weighted by Gasteiger charge is -2.18. The predicted octanol–water partition coefficient (Wildman–Crippen LogP) is 0.793. The molecule has 0 aromatic heterocycles. The van der Waals surface area contributed by atoms with Crippen LogP contribution in [0, 0.1) is 0 Å². The lowest BCUT2D eigenvalue weighted by Crippen LogP contribution is -2.38. The van der Waals surface area contributed by atoms with Gasteiger partial charge in [-0.1, -0.05) is 36.4 Å². The van der Waals surface area contributed by atoms with E-state index in [4.69, 9.17) is 0 Å². The van der Waals surface area contributed by atoms with E-state index >= 15 is 0 Å². The van der Waals surface area contributed by atoms with Crippen molar-refractivity contribution in [3.05, 3.63) is 48.6 Å². The summed E-state index contributed by atoms with van der Waals surface area (Å²) in [6, 6.07) is 9.39. The summed E-state index contributed by atoms with van der Waals surface area (Å²) in [4.78, 5) is 11.7. The average molecular weight is 296 g/mol. The Morgan fingerprint density at radius 3 is 2.55 bits per heavy atom. The van der Waals surface area contributed by atoms with E-state index in [9.17, 15) is 13.2 Å². The second-order valence-electron chi connectivity index (χ2n) is 4.42. The molecule has 1 amide bonds. The van der Waals surface area contributed by atoms with Gasteiger partial charge in [-0.2, -0.15) is 4.31 Å². The van der Waals surface area contributed by atoms with Crippen molar-refractivity contribution in [2.24, 2.45) is 0 Å². The Hall–Kier alpha value is -1.66. The maximum Gasteiger partial charge on any atom is 0.224 e. The highest BCUT2D eigenvalue weighted by Gasteiger charge is 2.14. The van der Waals surface area contributed by atoms with Crippen LogP contribution in [0.3, 0.4) is 0 Å². The van der Waals surface area contributed by atoms with Gasteiger partial charge in [0.05, 0.1) is 12.7 Å². The standard InChI is InChI=1S/C14H20N2O3S/c1-3-10-16(20(2,18)19)11-9-15-14(17)12-13-7-5-4-6-8-13/h3-8H,1,9-12H2,2H3,(H,15,17). The Labute approximate surface area is 120 Å². The number of hydrogen-bond donors (Lipinski definition) is 1. The third-order valence-electron chi connectivity index (χ3n) is 2.69. The number of hydrogen-bond acceptors (Lipinski definition) is 3. The van der Waals surface area contributed by atoms with Crippen LogP contribution in [-0.4, -0.2) is 44.5 Å². The summed E-state index contributed by atoms with van der Waals surface area (Å²) in [7, 11) is -3.27. The maximum atomic E-state index is 11.7. The van der Waals surface area contributed by atoms with Gasteiger partial charge in [0.25, 0.3) is 0 Å². The molecule has 1 aromatic rings. The number of carbonyl (C=O) groups excluding carboxylic acids is 1. The molecule has 0 spiro atoms. The molecule has 6 heteroatoms. The van der Waals surface area contributed by atoms with E-state index < -0.39 is 10.0 Å². The monoisotopic (exact) mass is 296 g/mol. The Bertz CT molecular complexity index is 541. The van der Waals surface area contributed by atoms with E-state index in [1.165, 1.54) is 10.4 Å². The molecule has 0 saturated heterocycles. The van der Waals surface area contributed by atoms with Crippen LogP contribution in [0.2, 0.25) is 0 Å². The van der Waals surface area contributed by atoms with Gasteiger partial charge in [0.1, 0.15) is 0 Å². The number of benzene rings is 1. The largest absolute Gasteiger partial charge is 0.354 e. The molecule has 0 fully saturated rings. The van der Waals surface area contributed by atoms with E-state index in [1.54, 1.807) is 0 Å². The number of sulfonamides is 1. The minimum absolute atomic E-state index is 0.122. The molecule has 0 heterocycles. The quantitative estimate of drug-likeness (QED) is 0.721. The summed E-state index contributed by atoms with van der Waals surface area (Å²) in [5.74, 6) is -0.122. The highest BCUT2D eigenvalue weighted by molar-refractivity contribution is 7.88. The summed E-state index contributed by atoms with van der Waals surface area (Å²) >= 11 is 0. The molecule has 0 unspecified atom stereocenters. The third-order valence-corrected chi connectivity index (χ3v) is 3.96. The molecule has 0 aliphatic rings. The van der Waals surface area contributed by atoms with Crippen LogP contribution in [0.25, 0.3) is 0 Å². The van der Waals surface area contributed by atoms with Crippen LogP contribution >= 0.6 is 0 Å². The summed E-state index contributed by atoms with van der Waals surface area (Å²) in [6.45, 7) is 4.29. The van der Waals surface area contributed by atoms with Gasteiger partial charge < -0.3 is 5.32 Å². The van der Waals surface area contributed by atoms with Crippen LogP contribution in [-0.2, 0) is 21.2 Å². The number of nitrogens with zero attached hydrogens (tertiary/aromatic N) is 1. The van der Waals surface area contributed by atoms with Crippen molar-refractivity contribution in [3.63, 3.8) is 0 Å². The number of nitrogens with one attached hydrogen (secondary N) is 1. The zero-order valence-electron chi connectivity index (χ0n) is 11.6. The zero-order valence-corrected chi connectivity index (χ0v) is 12.4. The van der Waals surface area contributed by atoms with Gasteiger partial charge in [-0.15, -0.1) is 6.58 Å². The molecular weight excluding hydrogens is 276 g/mol. The fourth-order valence-electron chi connectivity index (χ4n) is 1.70. The second-order valence-corrected chi connectivity index (χ2v) is 6.40. The van der Waals surface area contributed by atoms with Gasteiger partial charge in [0.2, 0.25) is 15.9 Å². The van der Waals surface area contributed by atoms with Gasteiger partial charge >= 0.3 is 0 Å². The molecule has 1 N–H and O–H groups in total. The predicted molar refractivity (Wildman–Crippen MR) is 79.8 cm³/mol. The number of carbonyl (C=O) groups is 1. The first-order valence-corrected chi connectivity index (χ1v) is 8.15. The minimum atomic E-state index is -3.27. The molecule has 1 rings (SSSR count). The van der Waals surface area contributed by atoms with Crippen LogP contribution in [0.1, 0.15) is 5.56 Å². The molecule has 110 valence electrons. The van der Waals surface area contributed by atoms with Crippen molar-refractivity contribution >= 4 is 15.9 Å². The minimum Gasteiger partial charge on any atom is -0.354 e. The number of rotatable bonds is 8. The molecule has 0 saturated carbocycles. The van der Waals surface area contributed by atoms with Crippen LogP contribution in [0.4, 0.5) is 0 Å². The van der Waals surface area contributed by atoms with E-state index in [-0.39, 0.29) is 25.5 Å². The van der Waals surface area contributed by atoms with E-state index in [1.807, 2.05) is 30.3 Å². The summed E-state index contributed by atoms with van der Waals surface area (Å²) in [6.07, 6.45) is 2.95. The molecule has 1 aromatic carbocycles. The highest BCUT2D eigenvalue weighted by atomic mass is 32.2. The first-order chi connectivity index (χ1) is 9.43. The van der Waals surface area contributed by atoms with Crippen molar-refractivity contribution < 1.29 is 13.2 Å². The van der Waals surface area contributed by atoms with Crippen molar-refractivity contribution in [2.45, 2.75) is 6.42 Å². The Morgan fingerprint density at radius 1 is 1.35 bits per heavy atom. The average Bonchev–Trinajstić information content (AvgIpc) is 2.37. The van der Waals surface area contributed by atoms with Crippen molar-refractivity contribution in [1.82, 2.24) is 9.62 Å². The van der Waals surface area contributed by atoms with E-state index in [0.29, 0.717) is 6.42 Å². The lowest BCUT2D eigenvalue weighted by atomic mass is 10.1. The molecule has 0 aliphatic heterocycles. The van der Waals surface area contributed by atoms with Crippen molar-refractivity contribution in [3.8, 4) is 0 Å². The van der Waals surface area contributed by atoms with Gasteiger partial charge in [0, 0.05) is 19.6 Å². The normalized spacial score (nSPS) is 11.3.